The number of sulfonamides is 1. The quantitative estimate of drug-likeness (QED) is 0.546. The van der Waals surface area contributed by atoms with E-state index in [1.807, 2.05) is 31.4 Å². The molecule has 1 aromatic rings. The van der Waals surface area contributed by atoms with Crippen LogP contribution in [0.5, 0.6) is 0 Å². The molecule has 0 aliphatic carbocycles. The molecule has 0 fully saturated rings. The van der Waals surface area contributed by atoms with Crippen molar-refractivity contribution in [3.8, 4) is 0 Å². The predicted molar refractivity (Wildman–Crippen MR) is 78.7 cm³/mol. The molecule has 6 heteroatoms. The first-order chi connectivity index (χ1) is 8.47. The van der Waals surface area contributed by atoms with Crippen LogP contribution >= 0.6 is 22.9 Å². The Morgan fingerprint density at radius 3 is 2.61 bits per heavy atom. The van der Waals surface area contributed by atoms with Crippen molar-refractivity contribution in [2.45, 2.75) is 39.3 Å². The summed E-state index contributed by atoms with van der Waals surface area (Å²) in [5.41, 5.74) is 0. The lowest BCUT2D eigenvalue weighted by Gasteiger charge is -2.25. The summed E-state index contributed by atoms with van der Waals surface area (Å²) in [6.45, 7) is 4.29. The minimum atomic E-state index is -3.19. The fraction of sp³-hybridized carbons (Fsp3) is 0.667. The van der Waals surface area contributed by atoms with Crippen LogP contribution in [0.4, 0.5) is 0 Å². The van der Waals surface area contributed by atoms with Crippen molar-refractivity contribution in [1.82, 2.24) is 4.31 Å². The molecule has 0 saturated heterocycles. The highest BCUT2D eigenvalue weighted by molar-refractivity contribution is 7.89. The maximum Gasteiger partial charge on any atom is 0.214 e. The van der Waals surface area contributed by atoms with Crippen LogP contribution in [0.15, 0.2) is 17.5 Å². The highest BCUT2D eigenvalue weighted by Gasteiger charge is 2.24. The molecule has 0 spiro atoms. The summed E-state index contributed by atoms with van der Waals surface area (Å²) in [7, 11) is -3.19. The highest BCUT2D eigenvalue weighted by Crippen LogP contribution is 2.18. The maximum absolute atomic E-state index is 12.3. The second kappa shape index (κ2) is 7.48. The van der Waals surface area contributed by atoms with Gasteiger partial charge >= 0.3 is 0 Å². The number of halogens is 1. The standard InChI is InChI=1S/C12H20ClNO2S2/c1-11(2)14(10-12-6-5-8-17-12)18(15,16)9-4-3-7-13/h5-6,8,11H,3-4,7,9-10H2,1-2H3. The molecular weight excluding hydrogens is 290 g/mol. The molecule has 0 N–H and O–H groups in total. The summed E-state index contributed by atoms with van der Waals surface area (Å²) in [5.74, 6) is 0.700. The van der Waals surface area contributed by atoms with Crippen molar-refractivity contribution in [2.24, 2.45) is 0 Å². The number of hydrogen-bond donors (Lipinski definition) is 0. The normalized spacial score (nSPS) is 12.5. The molecule has 3 nitrogen and oxygen atoms in total. The maximum atomic E-state index is 12.3. The molecule has 0 saturated carbocycles. The fourth-order valence-electron chi connectivity index (χ4n) is 1.65. The summed E-state index contributed by atoms with van der Waals surface area (Å²) in [4.78, 5) is 1.07. The number of rotatable bonds is 8. The van der Waals surface area contributed by atoms with Crippen LogP contribution in [0.3, 0.4) is 0 Å². The van der Waals surface area contributed by atoms with Gasteiger partial charge in [0.25, 0.3) is 0 Å². The Morgan fingerprint density at radius 1 is 1.39 bits per heavy atom. The van der Waals surface area contributed by atoms with Gasteiger partial charge < -0.3 is 0 Å². The van der Waals surface area contributed by atoms with Crippen molar-refractivity contribution in [3.05, 3.63) is 22.4 Å². The molecular formula is C12H20ClNO2S2. The fourth-order valence-corrected chi connectivity index (χ4v) is 4.41. The van der Waals surface area contributed by atoms with Crippen LogP contribution in [0.25, 0.3) is 0 Å². The van der Waals surface area contributed by atoms with Gasteiger partial charge in [0.1, 0.15) is 0 Å². The van der Waals surface area contributed by atoms with Crippen LogP contribution in [-0.2, 0) is 16.6 Å². The van der Waals surface area contributed by atoms with Crippen molar-refractivity contribution in [1.29, 1.82) is 0 Å². The van der Waals surface area contributed by atoms with Gasteiger partial charge in [-0.3, -0.25) is 0 Å². The largest absolute Gasteiger partial charge is 0.214 e. The lowest BCUT2D eigenvalue weighted by molar-refractivity contribution is 0.350. The van der Waals surface area contributed by atoms with Crippen LogP contribution in [-0.4, -0.2) is 30.4 Å². The highest BCUT2D eigenvalue weighted by atomic mass is 35.5. The molecule has 1 rings (SSSR count). The minimum absolute atomic E-state index is 0.0203. The van der Waals surface area contributed by atoms with Crippen molar-refractivity contribution in [3.63, 3.8) is 0 Å². The van der Waals surface area contributed by atoms with Crippen LogP contribution in [0.1, 0.15) is 31.6 Å². The number of alkyl halides is 1. The second-order valence-electron chi connectivity index (χ2n) is 4.43. The monoisotopic (exact) mass is 309 g/mol. The Hall–Kier alpha value is -0.100. The van der Waals surface area contributed by atoms with Crippen LogP contribution in [0, 0.1) is 0 Å². The van der Waals surface area contributed by atoms with Gasteiger partial charge in [-0.05, 0) is 38.1 Å². The first-order valence-electron chi connectivity index (χ1n) is 6.05. The summed E-state index contributed by atoms with van der Waals surface area (Å²) >= 11 is 7.17. The number of unbranched alkanes of at least 4 members (excludes halogenated alkanes) is 1. The van der Waals surface area contributed by atoms with Gasteiger partial charge in [0.2, 0.25) is 10.0 Å². The number of hydrogen-bond acceptors (Lipinski definition) is 3. The average molecular weight is 310 g/mol. The molecule has 0 aliphatic rings. The lowest BCUT2D eigenvalue weighted by Crippen LogP contribution is -2.37. The van der Waals surface area contributed by atoms with E-state index in [9.17, 15) is 8.42 Å². The zero-order valence-electron chi connectivity index (χ0n) is 10.8. The molecule has 0 unspecified atom stereocenters. The molecule has 0 aromatic carbocycles. The summed E-state index contributed by atoms with van der Waals surface area (Å²) in [5, 5.41) is 1.97. The van der Waals surface area contributed by atoms with Crippen LogP contribution in [0.2, 0.25) is 0 Å². The molecule has 1 heterocycles. The third kappa shape index (κ3) is 4.88. The van der Waals surface area contributed by atoms with E-state index in [0.29, 0.717) is 18.8 Å². The van der Waals surface area contributed by atoms with Crippen LogP contribution < -0.4 is 0 Å². The van der Waals surface area contributed by atoms with E-state index in [-0.39, 0.29) is 11.8 Å². The third-order valence-electron chi connectivity index (χ3n) is 2.61. The average Bonchev–Trinajstić information content (AvgIpc) is 2.78. The third-order valence-corrected chi connectivity index (χ3v) is 5.81. The molecule has 18 heavy (non-hydrogen) atoms. The first-order valence-corrected chi connectivity index (χ1v) is 9.07. The topological polar surface area (TPSA) is 37.4 Å². The van der Waals surface area contributed by atoms with Gasteiger partial charge in [0, 0.05) is 23.3 Å². The van der Waals surface area contributed by atoms with E-state index in [0.717, 1.165) is 11.3 Å². The minimum Gasteiger partial charge on any atom is -0.212 e. The molecule has 1 aromatic heterocycles. The van der Waals surface area contributed by atoms with E-state index in [2.05, 4.69) is 0 Å². The molecule has 0 atom stereocenters. The Kier molecular flexibility index (Phi) is 6.63. The summed E-state index contributed by atoms with van der Waals surface area (Å²) in [6.07, 6.45) is 1.37. The molecule has 104 valence electrons. The number of thiophene rings is 1. The Labute approximate surface area is 119 Å². The van der Waals surface area contributed by atoms with E-state index < -0.39 is 10.0 Å². The Bertz CT molecular complexity index is 429. The van der Waals surface area contributed by atoms with Gasteiger partial charge in [-0.15, -0.1) is 22.9 Å². The van der Waals surface area contributed by atoms with Gasteiger partial charge in [0.15, 0.2) is 0 Å². The Balaban J connectivity index is 2.71. The molecule has 0 amide bonds. The molecule has 0 aliphatic heterocycles. The van der Waals surface area contributed by atoms with E-state index in [1.54, 1.807) is 15.6 Å². The molecule has 0 radical (unpaired) electrons. The van der Waals surface area contributed by atoms with Gasteiger partial charge in [0.05, 0.1) is 5.75 Å². The van der Waals surface area contributed by atoms with E-state index in [1.165, 1.54) is 0 Å². The zero-order valence-corrected chi connectivity index (χ0v) is 13.2. The smallest absolute Gasteiger partial charge is 0.212 e. The van der Waals surface area contributed by atoms with E-state index >= 15 is 0 Å². The first kappa shape index (κ1) is 16.0. The number of nitrogens with zero attached hydrogens (tertiary/aromatic N) is 1. The summed E-state index contributed by atoms with van der Waals surface area (Å²) in [6, 6.07) is 3.89. The van der Waals surface area contributed by atoms with Gasteiger partial charge in [-0.2, -0.15) is 4.31 Å². The lowest BCUT2D eigenvalue weighted by atomic mass is 10.4. The second-order valence-corrected chi connectivity index (χ2v) is 7.88. The van der Waals surface area contributed by atoms with E-state index in [4.69, 9.17) is 11.6 Å². The van der Waals surface area contributed by atoms with Gasteiger partial charge in [-0.1, -0.05) is 6.07 Å². The molecule has 0 bridgehead atoms. The van der Waals surface area contributed by atoms with Gasteiger partial charge in [-0.25, -0.2) is 8.42 Å². The van der Waals surface area contributed by atoms with Crippen molar-refractivity contribution in [2.75, 3.05) is 11.6 Å². The zero-order chi connectivity index (χ0) is 13.6. The summed E-state index contributed by atoms with van der Waals surface area (Å²) < 4.78 is 26.1. The van der Waals surface area contributed by atoms with Crippen molar-refractivity contribution < 1.29 is 8.42 Å². The van der Waals surface area contributed by atoms with Crippen molar-refractivity contribution >= 4 is 33.0 Å². The Morgan fingerprint density at radius 2 is 2.11 bits per heavy atom. The predicted octanol–water partition coefficient (Wildman–Crippen LogP) is 3.31. The SMILES string of the molecule is CC(C)N(Cc1cccs1)S(=O)(=O)CCCCCl.